The van der Waals surface area contributed by atoms with Gasteiger partial charge >= 0.3 is 11.8 Å². The predicted octanol–water partition coefficient (Wildman–Crippen LogP) is 1.20. The van der Waals surface area contributed by atoms with Gasteiger partial charge in [0.15, 0.2) is 17.5 Å². The van der Waals surface area contributed by atoms with E-state index in [9.17, 15) is 22.8 Å². The van der Waals surface area contributed by atoms with Gasteiger partial charge in [-0.1, -0.05) is 0 Å². The monoisotopic (exact) mass is 290 g/mol. The second kappa shape index (κ2) is 7.49. The molecule has 5 nitrogen and oxygen atoms in total. The van der Waals surface area contributed by atoms with E-state index in [1.165, 1.54) is 7.11 Å². The fourth-order valence-corrected chi connectivity index (χ4v) is 1.30. The van der Waals surface area contributed by atoms with Gasteiger partial charge in [-0.2, -0.15) is 0 Å². The molecule has 0 heterocycles. The number of hydrogen-bond donors (Lipinski definition) is 2. The summed E-state index contributed by atoms with van der Waals surface area (Å²) in [5.74, 6) is -6.85. The van der Waals surface area contributed by atoms with Crippen LogP contribution in [0.15, 0.2) is 12.1 Å². The fourth-order valence-electron chi connectivity index (χ4n) is 1.30. The summed E-state index contributed by atoms with van der Waals surface area (Å²) in [5.41, 5.74) is -0.610. The molecule has 0 unspecified atom stereocenters. The SMILES string of the molecule is COCCCNC(=O)C(=O)Nc1ccc(F)c(F)c1F. The van der Waals surface area contributed by atoms with Gasteiger partial charge in [0.2, 0.25) is 0 Å². The topological polar surface area (TPSA) is 67.4 Å². The highest BCUT2D eigenvalue weighted by molar-refractivity contribution is 6.39. The van der Waals surface area contributed by atoms with Crippen molar-refractivity contribution in [1.82, 2.24) is 5.32 Å². The minimum absolute atomic E-state index is 0.195. The third-order valence-corrected chi connectivity index (χ3v) is 2.30. The molecule has 1 aromatic rings. The number of nitrogens with one attached hydrogen (secondary N) is 2. The van der Waals surface area contributed by atoms with Gasteiger partial charge in [-0.25, -0.2) is 13.2 Å². The highest BCUT2D eigenvalue weighted by Gasteiger charge is 2.18. The Labute approximate surface area is 113 Å². The fraction of sp³-hybridized carbons (Fsp3) is 0.333. The first-order chi connectivity index (χ1) is 9.47. The molecular formula is C12H13F3N2O3. The molecule has 0 aliphatic carbocycles. The Morgan fingerprint density at radius 2 is 1.85 bits per heavy atom. The van der Waals surface area contributed by atoms with Crippen LogP contribution in [-0.2, 0) is 14.3 Å². The number of anilines is 1. The predicted molar refractivity (Wildman–Crippen MR) is 64.4 cm³/mol. The average Bonchev–Trinajstić information content (AvgIpc) is 2.44. The molecule has 1 aromatic carbocycles. The molecule has 8 heteroatoms. The number of rotatable bonds is 5. The van der Waals surface area contributed by atoms with Gasteiger partial charge in [-0.05, 0) is 18.6 Å². The van der Waals surface area contributed by atoms with Crippen molar-refractivity contribution < 1.29 is 27.5 Å². The summed E-state index contributed by atoms with van der Waals surface area (Å²) < 4.78 is 43.6. The Kier molecular flexibility index (Phi) is 5.98. The van der Waals surface area contributed by atoms with Crippen LogP contribution in [0.3, 0.4) is 0 Å². The van der Waals surface area contributed by atoms with Crippen LogP contribution >= 0.6 is 0 Å². The van der Waals surface area contributed by atoms with E-state index < -0.39 is 35.0 Å². The first-order valence-corrected chi connectivity index (χ1v) is 5.69. The minimum Gasteiger partial charge on any atom is -0.385 e. The summed E-state index contributed by atoms with van der Waals surface area (Å²) >= 11 is 0. The van der Waals surface area contributed by atoms with Gasteiger partial charge in [-0.3, -0.25) is 9.59 Å². The number of benzene rings is 1. The van der Waals surface area contributed by atoms with Crippen LogP contribution in [-0.4, -0.2) is 32.1 Å². The normalized spacial score (nSPS) is 10.2. The molecule has 20 heavy (non-hydrogen) atoms. The van der Waals surface area contributed by atoms with E-state index in [2.05, 4.69) is 5.32 Å². The van der Waals surface area contributed by atoms with Gasteiger partial charge in [0.25, 0.3) is 0 Å². The molecule has 0 aliphatic rings. The number of amides is 2. The van der Waals surface area contributed by atoms with E-state index in [0.29, 0.717) is 19.1 Å². The van der Waals surface area contributed by atoms with E-state index in [1.807, 2.05) is 5.32 Å². The summed E-state index contributed by atoms with van der Waals surface area (Å²) in [4.78, 5) is 22.7. The molecule has 0 atom stereocenters. The summed E-state index contributed by atoms with van der Waals surface area (Å²) in [6.45, 7) is 0.597. The molecule has 1 rings (SSSR count). The van der Waals surface area contributed by atoms with E-state index in [1.54, 1.807) is 0 Å². The van der Waals surface area contributed by atoms with Crippen LogP contribution in [0, 0.1) is 17.5 Å². The molecule has 0 bridgehead atoms. The van der Waals surface area contributed by atoms with Crippen molar-refractivity contribution >= 4 is 17.5 Å². The molecule has 0 saturated heterocycles. The molecule has 0 aromatic heterocycles. The van der Waals surface area contributed by atoms with E-state index in [4.69, 9.17) is 4.74 Å². The Morgan fingerprint density at radius 1 is 1.15 bits per heavy atom. The lowest BCUT2D eigenvalue weighted by atomic mass is 10.2. The molecule has 2 N–H and O–H groups in total. The molecule has 0 saturated carbocycles. The number of hydrogen-bond acceptors (Lipinski definition) is 3. The average molecular weight is 290 g/mol. The molecule has 0 radical (unpaired) electrons. The lowest BCUT2D eigenvalue weighted by Gasteiger charge is -2.07. The standard InChI is InChI=1S/C12H13F3N2O3/c1-20-6-2-5-16-11(18)12(19)17-8-4-3-7(13)9(14)10(8)15/h3-4H,2,5-6H2,1H3,(H,16,18)(H,17,19). The van der Waals surface area contributed by atoms with Gasteiger partial charge in [0.1, 0.15) is 0 Å². The van der Waals surface area contributed by atoms with E-state index in [-0.39, 0.29) is 6.54 Å². The maximum absolute atomic E-state index is 13.3. The highest BCUT2D eigenvalue weighted by Crippen LogP contribution is 2.19. The zero-order chi connectivity index (χ0) is 15.1. The Balaban J connectivity index is 2.58. The van der Waals surface area contributed by atoms with Crippen LogP contribution in [0.1, 0.15) is 6.42 Å². The molecule has 0 spiro atoms. The number of methoxy groups -OCH3 is 1. The van der Waals surface area contributed by atoms with E-state index in [0.717, 1.165) is 6.07 Å². The largest absolute Gasteiger partial charge is 0.385 e. The maximum Gasteiger partial charge on any atom is 0.313 e. The van der Waals surface area contributed by atoms with Crippen LogP contribution < -0.4 is 10.6 Å². The Bertz CT molecular complexity index is 509. The van der Waals surface area contributed by atoms with Gasteiger partial charge < -0.3 is 15.4 Å². The van der Waals surface area contributed by atoms with Crippen molar-refractivity contribution in [2.45, 2.75) is 6.42 Å². The highest BCUT2D eigenvalue weighted by atomic mass is 19.2. The molecule has 110 valence electrons. The first-order valence-electron chi connectivity index (χ1n) is 5.69. The Hall–Kier alpha value is -2.09. The number of ether oxygens (including phenoxy) is 1. The summed E-state index contributed by atoms with van der Waals surface area (Å²) in [5, 5.41) is 4.12. The summed E-state index contributed by atoms with van der Waals surface area (Å²) in [6, 6.07) is 1.47. The second-order valence-electron chi connectivity index (χ2n) is 3.78. The lowest BCUT2D eigenvalue weighted by molar-refractivity contribution is -0.136. The molecule has 0 aliphatic heterocycles. The number of carbonyl (C=O) groups is 2. The van der Waals surface area contributed by atoms with Crippen molar-refractivity contribution in [1.29, 1.82) is 0 Å². The van der Waals surface area contributed by atoms with Crippen LogP contribution in [0.5, 0.6) is 0 Å². The molecular weight excluding hydrogens is 277 g/mol. The van der Waals surface area contributed by atoms with Crippen molar-refractivity contribution in [3.05, 3.63) is 29.6 Å². The molecule has 2 amide bonds. The Morgan fingerprint density at radius 3 is 2.50 bits per heavy atom. The zero-order valence-corrected chi connectivity index (χ0v) is 10.6. The lowest BCUT2D eigenvalue weighted by Crippen LogP contribution is -2.36. The van der Waals surface area contributed by atoms with Gasteiger partial charge in [0, 0.05) is 20.3 Å². The second-order valence-corrected chi connectivity index (χ2v) is 3.78. The summed E-state index contributed by atoms with van der Waals surface area (Å²) in [6.07, 6.45) is 0.495. The van der Waals surface area contributed by atoms with Crippen molar-refractivity contribution in [2.75, 3.05) is 25.6 Å². The molecule has 0 fully saturated rings. The third kappa shape index (κ3) is 4.23. The van der Waals surface area contributed by atoms with Crippen molar-refractivity contribution in [2.24, 2.45) is 0 Å². The van der Waals surface area contributed by atoms with Crippen molar-refractivity contribution in [3.63, 3.8) is 0 Å². The van der Waals surface area contributed by atoms with Crippen LogP contribution in [0.4, 0.5) is 18.9 Å². The number of carbonyl (C=O) groups excluding carboxylic acids is 2. The zero-order valence-electron chi connectivity index (χ0n) is 10.6. The summed E-state index contributed by atoms with van der Waals surface area (Å²) in [7, 11) is 1.49. The first kappa shape index (κ1) is 16.0. The smallest absolute Gasteiger partial charge is 0.313 e. The van der Waals surface area contributed by atoms with Crippen LogP contribution in [0.25, 0.3) is 0 Å². The van der Waals surface area contributed by atoms with Crippen LogP contribution in [0.2, 0.25) is 0 Å². The number of halogens is 3. The maximum atomic E-state index is 13.3. The van der Waals surface area contributed by atoms with E-state index >= 15 is 0 Å². The third-order valence-electron chi connectivity index (χ3n) is 2.30. The van der Waals surface area contributed by atoms with Gasteiger partial charge in [0.05, 0.1) is 5.69 Å². The van der Waals surface area contributed by atoms with Crippen molar-refractivity contribution in [3.8, 4) is 0 Å². The van der Waals surface area contributed by atoms with Gasteiger partial charge in [-0.15, -0.1) is 0 Å². The minimum atomic E-state index is -1.72. The quantitative estimate of drug-likeness (QED) is 0.486.